The number of allylic oxidation sites excluding steroid dienone is 1. The van der Waals surface area contributed by atoms with E-state index in [0.29, 0.717) is 17.3 Å². The lowest BCUT2D eigenvalue weighted by atomic mass is 10.1. The van der Waals surface area contributed by atoms with Crippen LogP contribution in [0.2, 0.25) is 0 Å². The fourth-order valence-corrected chi connectivity index (χ4v) is 3.73. The molecule has 5 nitrogen and oxygen atoms in total. The normalized spacial score (nSPS) is 20.4. The number of nitriles is 1. The molecule has 1 aliphatic carbocycles. The summed E-state index contributed by atoms with van der Waals surface area (Å²) >= 11 is 6.66. The van der Waals surface area contributed by atoms with Crippen LogP contribution in [0.3, 0.4) is 0 Å². The number of rotatable bonds is 6. The molecule has 28 heavy (non-hydrogen) atoms. The fourth-order valence-electron chi connectivity index (χ4n) is 3.16. The number of carbonyl (C=O) groups excluding carboxylic acids is 1. The van der Waals surface area contributed by atoms with Crippen LogP contribution < -0.4 is 4.74 Å². The Kier molecular flexibility index (Phi) is 6.21. The minimum absolute atomic E-state index is 0.0359. The first kappa shape index (κ1) is 20.6. The van der Waals surface area contributed by atoms with E-state index in [4.69, 9.17) is 9.47 Å². The molecule has 3 atom stereocenters. The Balaban J connectivity index is 1.72. The number of esters is 1. The van der Waals surface area contributed by atoms with Crippen LogP contribution in [0.15, 0.2) is 58.0 Å². The number of hydrogen-bond acceptors (Lipinski definition) is 5. The zero-order valence-corrected chi connectivity index (χ0v) is 18.5. The number of benzene rings is 1. The van der Waals surface area contributed by atoms with E-state index in [2.05, 4.69) is 36.8 Å². The lowest BCUT2D eigenvalue weighted by Gasteiger charge is -2.12. The quantitative estimate of drug-likeness (QED) is 0.458. The maximum Gasteiger partial charge on any atom is 0.311 e. The molecule has 3 unspecified atom stereocenters. The lowest BCUT2D eigenvalue weighted by molar-refractivity contribution is -0.149. The smallest absolute Gasteiger partial charge is 0.311 e. The molecule has 0 amide bonds. The molecular weight excluding hydrogens is 488 g/mol. The highest BCUT2D eigenvalue weighted by molar-refractivity contribution is 9.28. The number of pyridine rings is 1. The number of para-hydroxylation sites is 1. The predicted octanol–water partition coefficient (Wildman–Crippen LogP) is 5.89. The van der Waals surface area contributed by atoms with Crippen LogP contribution in [-0.4, -0.2) is 11.0 Å². The summed E-state index contributed by atoms with van der Waals surface area (Å²) in [7, 11) is 0. The van der Waals surface area contributed by atoms with Gasteiger partial charge in [-0.1, -0.05) is 44.2 Å². The summed E-state index contributed by atoms with van der Waals surface area (Å²) < 4.78 is 12.0. The Morgan fingerprint density at radius 1 is 1.21 bits per heavy atom. The summed E-state index contributed by atoms with van der Waals surface area (Å²) in [5, 5.41) is 9.52. The van der Waals surface area contributed by atoms with Gasteiger partial charge in [-0.2, -0.15) is 5.26 Å². The Morgan fingerprint density at radius 3 is 2.57 bits per heavy atom. The summed E-state index contributed by atoms with van der Waals surface area (Å²) in [6.45, 7) is 3.99. The number of ether oxygens (including phenoxy) is 2. The van der Waals surface area contributed by atoms with Crippen molar-refractivity contribution in [3.05, 3.63) is 63.7 Å². The van der Waals surface area contributed by atoms with Gasteiger partial charge in [-0.05, 0) is 61.4 Å². The predicted molar refractivity (Wildman–Crippen MR) is 112 cm³/mol. The van der Waals surface area contributed by atoms with Crippen molar-refractivity contribution in [3.8, 4) is 17.7 Å². The lowest BCUT2D eigenvalue weighted by Crippen LogP contribution is -2.15. The van der Waals surface area contributed by atoms with E-state index >= 15 is 0 Å². The molecule has 0 radical (unpaired) electrons. The molecule has 7 heteroatoms. The minimum Gasteiger partial charge on any atom is -0.440 e. The van der Waals surface area contributed by atoms with Crippen LogP contribution in [0.4, 0.5) is 0 Å². The van der Waals surface area contributed by atoms with E-state index in [1.54, 1.807) is 30.3 Å². The van der Waals surface area contributed by atoms with Gasteiger partial charge >= 0.3 is 5.97 Å². The topological polar surface area (TPSA) is 72.2 Å². The van der Waals surface area contributed by atoms with Crippen molar-refractivity contribution in [2.75, 3.05) is 0 Å². The summed E-state index contributed by atoms with van der Waals surface area (Å²) in [6.07, 6.45) is 0.833. The number of halogens is 2. The third-order valence-corrected chi connectivity index (χ3v) is 5.33. The molecule has 3 rings (SSSR count). The first-order valence-electron chi connectivity index (χ1n) is 8.65. The third kappa shape index (κ3) is 4.62. The number of hydrogen-bond donors (Lipinski definition) is 0. The fraction of sp³-hybridized carbons (Fsp3) is 0.286. The maximum atomic E-state index is 12.6. The Bertz CT molecular complexity index is 934. The minimum atomic E-state index is -1.10. The monoisotopic (exact) mass is 504 g/mol. The second-order valence-electron chi connectivity index (χ2n) is 7.04. The van der Waals surface area contributed by atoms with Gasteiger partial charge in [-0.3, -0.25) is 4.79 Å². The zero-order valence-electron chi connectivity index (χ0n) is 15.3. The molecule has 1 aromatic heterocycles. The maximum absolute atomic E-state index is 12.6. The van der Waals surface area contributed by atoms with Crippen molar-refractivity contribution in [3.63, 3.8) is 0 Å². The van der Waals surface area contributed by atoms with Gasteiger partial charge in [-0.15, -0.1) is 0 Å². The van der Waals surface area contributed by atoms with Crippen LogP contribution in [0, 0.1) is 28.6 Å². The van der Waals surface area contributed by atoms with Crippen molar-refractivity contribution >= 4 is 37.8 Å². The average molecular weight is 506 g/mol. The van der Waals surface area contributed by atoms with Gasteiger partial charge in [0.25, 0.3) is 0 Å². The van der Waals surface area contributed by atoms with E-state index in [-0.39, 0.29) is 17.3 Å². The molecule has 0 spiro atoms. The van der Waals surface area contributed by atoms with Gasteiger partial charge < -0.3 is 9.47 Å². The zero-order chi connectivity index (χ0) is 20.3. The second kappa shape index (κ2) is 8.46. The molecule has 1 aromatic carbocycles. The standard InChI is InChI=1S/C21H18Br2N2O3/c1-21(2)14(11-17(22)23)19(21)20(26)28-16(12-24)15-9-6-10-18(25-15)27-13-7-4-3-5-8-13/h3-11,14,16,19H,1-2H3. The average Bonchev–Trinajstić information content (AvgIpc) is 3.20. The Hall–Kier alpha value is -2.17. The van der Waals surface area contributed by atoms with Crippen molar-refractivity contribution in [1.82, 2.24) is 4.98 Å². The van der Waals surface area contributed by atoms with Crippen LogP contribution >= 0.6 is 31.9 Å². The summed E-state index contributed by atoms with van der Waals surface area (Å²) in [5.41, 5.74) is 0.103. The van der Waals surface area contributed by atoms with Crippen LogP contribution in [0.5, 0.6) is 11.6 Å². The van der Waals surface area contributed by atoms with Crippen LogP contribution in [0.1, 0.15) is 25.6 Å². The van der Waals surface area contributed by atoms with Gasteiger partial charge in [0.2, 0.25) is 12.0 Å². The SMILES string of the molecule is CC1(C)C(C=C(Br)Br)C1C(=O)OC(C#N)c1cccc(Oc2ccccc2)n1. The first-order valence-corrected chi connectivity index (χ1v) is 10.2. The molecule has 1 aliphatic rings. The van der Waals surface area contributed by atoms with Crippen molar-refractivity contribution in [2.24, 2.45) is 17.3 Å². The summed E-state index contributed by atoms with van der Waals surface area (Å²) in [6, 6.07) is 16.3. The molecule has 0 saturated heterocycles. The molecule has 1 saturated carbocycles. The molecule has 0 bridgehead atoms. The van der Waals surface area contributed by atoms with E-state index in [1.807, 2.05) is 44.2 Å². The Morgan fingerprint density at radius 2 is 1.93 bits per heavy atom. The first-order chi connectivity index (χ1) is 13.3. The molecule has 2 aromatic rings. The van der Waals surface area contributed by atoms with Crippen LogP contribution in [-0.2, 0) is 9.53 Å². The molecule has 0 N–H and O–H groups in total. The van der Waals surface area contributed by atoms with E-state index in [9.17, 15) is 10.1 Å². The Labute approximate surface area is 180 Å². The van der Waals surface area contributed by atoms with E-state index in [0.717, 1.165) is 3.39 Å². The van der Waals surface area contributed by atoms with Gasteiger partial charge in [0.05, 0.1) is 15.0 Å². The summed E-state index contributed by atoms with van der Waals surface area (Å²) in [5.74, 6) is 0.282. The second-order valence-corrected chi connectivity index (χ2v) is 9.82. The highest BCUT2D eigenvalue weighted by Gasteiger charge is 2.61. The molecular formula is C21H18Br2N2O3. The molecule has 0 aliphatic heterocycles. The number of nitrogens with zero attached hydrogens (tertiary/aromatic N) is 2. The van der Waals surface area contributed by atoms with Gasteiger partial charge in [-0.25, -0.2) is 4.98 Å². The van der Waals surface area contributed by atoms with Gasteiger partial charge in [0.15, 0.2) is 0 Å². The highest BCUT2D eigenvalue weighted by atomic mass is 79.9. The third-order valence-electron chi connectivity index (χ3n) is 4.80. The van der Waals surface area contributed by atoms with E-state index < -0.39 is 12.1 Å². The number of aromatic nitrogens is 1. The summed E-state index contributed by atoms with van der Waals surface area (Å²) in [4.78, 5) is 17.0. The van der Waals surface area contributed by atoms with Crippen molar-refractivity contribution in [2.45, 2.75) is 20.0 Å². The van der Waals surface area contributed by atoms with Gasteiger partial charge in [0.1, 0.15) is 11.8 Å². The van der Waals surface area contributed by atoms with Crippen molar-refractivity contribution < 1.29 is 14.3 Å². The largest absolute Gasteiger partial charge is 0.440 e. The molecule has 144 valence electrons. The molecule has 1 fully saturated rings. The van der Waals surface area contributed by atoms with Crippen LogP contribution in [0.25, 0.3) is 0 Å². The molecule has 1 heterocycles. The van der Waals surface area contributed by atoms with Crippen molar-refractivity contribution in [1.29, 1.82) is 5.26 Å². The van der Waals surface area contributed by atoms with E-state index in [1.165, 1.54) is 0 Å². The number of carbonyl (C=O) groups is 1. The van der Waals surface area contributed by atoms with Gasteiger partial charge in [0, 0.05) is 6.07 Å². The highest BCUT2D eigenvalue weighted by Crippen LogP contribution is 2.60.